The number of para-hydroxylation sites is 1. The molecule has 0 bridgehead atoms. The van der Waals surface area contributed by atoms with Gasteiger partial charge in [-0.3, -0.25) is 4.79 Å². The van der Waals surface area contributed by atoms with Crippen molar-refractivity contribution in [2.24, 2.45) is 0 Å². The molecule has 0 radical (unpaired) electrons. The normalized spacial score (nSPS) is 10.7. The third-order valence-corrected chi connectivity index (χ3v) is 4.86. The largest absolute Gasteiger partial charge is 0.294 e. The van der Waals surface area contributed by atoms with Crippen LogP contribution in [-0.2, 0) is 6.42 Å². The van der Waals surface area contributed by atoms with E-state index in [4.69, 9.17) is 0 Å². The van der Waals surface area contributed by atoms with E-state index in [-0.39, 0.29) is 5.78 Å². The van der Waals surface area contributed by atoms with Crippen LogP contribution in [0.2, 0.25) is 0 Å². The van der Waals surface area contributed by atoms with E-state index in [1.54, 1.807) is 28.4 Å². The second kappa shape index (κ2) is 5.73. The summed E-state index contributed by atoms with van der Waals surface area (Å²) in [7, 11) is 0. The lowest BCUT2D eigenvalue weighted by Crippen LogP contribution is -2.01. The Kier molecular flexibility index (Phi) is 3.80. The first kappa shape index (κ1) is 13.3. The molecular formula is C15H11BrN2OS. The zero-order chi connectivity index (χ0) is 13.9. The van der Waals surface area contributed by atoms with Gasteiger partial charge in [0.1, 0.15) is 0 Å². The number of Topliss-reactive ketones (excluding diaryl/α,β-unsaturated/α-hetero) is 1. The average Bonchev–Trinajstić information content (AvgIpc) is 3.10. The van der Waals surface area contributed by atoms with Gasteiger partial charge in [-0.15, -0.1) is 11.3 Å². The van der Waals surface area contributed by atoms with Crippen molar-refractivity contribution in [1.29, 1.82) is 0 Å². The van der Waals surface area contributed by atoms with Crippen LogP contribution in [0.15, 0.2) is 58.6 Å². The minimum atomic E-state index is 0.0790. The Morgan fingerprint density at radius 2 is 2.05 bits per heavy atom. The fraction of sp³-hybridized carbons (Fsp3) is 0.0667. The number of hydrogen-bond acceptors (Lipinski definition) is 3. The first-order chi connectivity index (χ1) is 9.74. The third kappa shape index (κ3) is 2.73. The molecule has 0 saturated carbocycles. The molecule has 0 unspecified atom stereocenters. The van der Waals surface area contributed by atoms with Gasteiger partial charge in [0.15, 0.2) is 5.78 Å². The highest BCUT2D eigenvalue weighted by Crippen LogP contribution is 2.24. The summed E-state index contributed by atoms with van der Waals surface area (Å²) in [5, 5.41) is 6.22. The molecule has 0 spiro atoms. The van der Waals surface area contributed by atoms with Crippen LogP contribution in [0.4, 0.5) is 0 Å². The molecule has 100 valence electrons. The van der Waals surface area contributed by atoms with Crippen LogP contribution in [0.1, 0.15) is 15.2 Å². The van der Waals surface area contributed by atoms with Gasteiger partial charge in [-0.1, -0.05) is 18.2 Å². The van der Waals surface area contributed by atoms with E-state index in [1.165, 1.54) is 0 Å². The lowest BCUT2D eigenvalue weighted by Gasteiger charge is -1.99. The van der Waals surface area contributed by atoms with Crippen molar-refractivity contribution in [2.75, 3.05) is 0 Å². The Balaban J connectivity index is 1.80. The Hall–Kier alpha value is -1.72. The number of nitrogens with zero attached hydrogens (tertiary/aromatic N) is 2. The van der Waals surface area contributed by atoms with Crippen molar-refractivity contribution in [3.05, 3.63) is 69.1 Å². The molecule has 3 rings (SSSR count). The van der Waals surface area contributed by atoms with Crippen molar-refractivity contribution in [3.63, 3.8) is 0 Å². The Morgan fingerprint density at radius 3 is 2.75 bits per heavy atom. The topological polar surface area (TPSA) is 34.9 Å². The molecule has 2 heterocycles. The van der Waals surface area contributed by atoms with Gasteiger partial charge >= 0.3 is 0 Å². The maximum atomic E-state index is 12.2. The summed E-state index contributed by atoms with van der Waals surface area (Å²) < 4.78 is 2.71. The summed E-state index contributed by atoms with van der Waals surface area (Å²) in [6.07, 6.45) is 3.80. The van der Waals surface area contributed by atoms with Crippen LogP contribution in [0, 0.1) is 0 Å². The summed E-state index contributed by atoms with van der Waals surface area (Å²) in [5.74, 6) is 0.0790. The highest BCUT2D eigenvalue weighted by molar-refractivity contribution is 9.10. The average molecular weight is 347 g/mol. The maximum absolute atomic E-state index is 12.2. The fourth-order valence-electron chi connectivity index (χ4n) is 1.89. The van der Waals surface area contributed by atoms with Gasteiger partial charge in [0, 0.05) is 22.0 Å². The van der Waals surface area contributed by atoms with Gasteiger partial charge in [-0.2, -0.15) is 5.10 Å². The summed E-state index contributed by atoms with van der Waals surface area (Å²) in [5.41, 5.74) is 1.58. The molecule has 3 aromatic rings. The second-order valence-electron chi connectivity index (χ2n) is 4.30. The number of halogens is 1. The molecule has 1 aromatic carbocycles. The summed E-state index contributed by atoms with van der Waals surface area (Å²) in [4.78, 5) is 13.3. The van der Waals surface area contributed by atoms with Crippen molar-refractivity contribution < 1.29 is 4.79 Å². The highest BCUT2D eigenvalue weighted by Gasteiger charge is 2.13. The van der Waals surface area contributed by atoms with Crippen LogP contribution >= 0.6 is 27.3 Å². The Bertz CT molecular complexity index is 733. The lowest BCUT2D eigenvalue weighted by atomic mass is 10.1. The van der Waals surface area contributed by atoms with E-state index in [0.29, 0.717) is 12.0 Å². The van der Waals surface area contributed by atoms with Crippen LogP contribution in [0.3, 0.4) is 0 Å². The number of benzene rings is 1. The van der Waals surface area contributed by atoms with Crippen molar-refractivity contribution in [1.82, 2.24) is 9.78 Å². The van der Waals surface area contributed by atoms with Gasteiger partial charge < -0.3 is 0 Å². The van der Waals surface area contributed by atoms with E-state index in [2.05, 4.69) is 21.0 Å². The SMILES string of the molecule is O=C(Cc1sccc1Br)c1cnn(-c2ccccc2)c1. The molecule has 0 aliphatic carbocycles. The molecule has 0 fully saturated rings. The molecule has 0 amide bonds. The molecule has 0 aliphatic rings. The maximum Gasteiger partial charge on any atom is 0.171 e. The predicted molar refractivity (Wildman–Crippen MR) is 83.6 cm³/mol. The van der Waals surface area contributed by atoms with Crippen LogP contribution in [0.5, 0.6) is 0 Å². The minimum Gasteiger partial charge on any atom is -0.294 e. The third-order valence-electron chi connectivity index (χ3n) is 2.94. The summed E-state index contributed by atoms with van der Waals surface area (Å²) in [6, 6.07) is 11.7. The number of aromatic nitrogens is 2. The molecule has 20 heavy (non-hydrogen) atoms. The van der Waals surface area contributed by atoms with Crippen LogP contribution in [-0.4, -0.2) is 15.6 Å². The predicted octanol–water partition coefficient (Wildman–Crippen LogP) is 4.12. The van der Waals surface area contributed by atoms with Gasteiger partial charge in [0.25, 0.3) is 0 Å². The molecule has 2 aromatic heterocycles. The number of carbonyl (C=O) groups excluding carboxylic acids is 1. The number of ketones is 1. The molecule has 0 aliphatic heterocycles. The number of carbonyl (C=O) groups is 1. The lowest BCUT2D eigenvalue weighted by molar-refractivity contribution is 0.0993. The first-order valence-electron chi connectivity index (χ1n) is 6.09. The summed E-state index contributed by atoms with van der Waals surface area (Å²) in [6.45, 7) is 0. The first-order valence-corrected chi connectivity index (χ1v) is 7.76. The molecule has 0 N–H and O–H groups in total. The number of thiophene rings is 1. The molecule has 0 saturated heterocycles. The zero-order valence-electron chi connectivity index (χ0n) is 10.5. The van der Waals surface area contributed by atoms with Crippen molar-refractivity contribution >= 4 is 33.0 Å². The van der Waals surface area contributed by atoms with Gasteiger partial charge in [-0.25, -0.2) is 4.68 Å². The number of rotatable bonds is 4. The van der Waals surface area contributed by atoms with E-state index in [9.17, 15) is 4.79 Å². The summed E-state index contributed by atoms with van der Waals surface area (Å²) >= 11 is 5.03. The van der Waals surface area contributed by atoms with Crippen LogP contribution in [0.25, 0.3) is 5.69 Å². The van der Waals surface area contributed by atoms with E-state index >= 15 is 0 Å². The second-order valence-corrected chi connectivity index (χ2v) is 6.16. The van der Waals surface area contributed by atoms with Crippen molar-refractivity contribution in [2.45, 2.75) is 6.42 Å². The molecular weight excluding hydrogens is 336 g/mol. The monoisotopic (exact) mass is 346 g/mol. The molecule has 0 atom stereocenters. The van der Waals surface area contributed by atoms with Gasteiger partial charge in [-0.05, 0) is 39.5 Å². The van der Waals surface area contributed by atoms with E-state index < -0.39 is 0 Å². The number of hydrogen-bond donors (Lipinski definition) is 0. The Labute approximate surface area is 129 Å². The van der Waals surface area contributed by atoms with Gasteiger partial charge in [0.05, 0.1) is 17.4 Å². The molecule has 5 heteroatoms. The standard InChI is InChI=1S/C15H11BrN2OS/c16-13-6-7-20-15(13)8-14(19)11-9-17-18(10-11)12-4-2-1-3-5-12/h1-7,9-10H,8H2. The fourth-order valence-corrected chi connectivity index (χ4v) is 3.38. The smallest absolute Gasteiger partial charge is 0.171 e. The highest BCUT2D eigenvalue weighted by atomic mass is 79.9. The Morgan fingerprint density at radius 1 is 1.25 bits per heavy atom. The van der Waals surface area contributed by atoms with E-state index in [0.717, 1.165) is 15.0 Å². The minimum absolute atomic E-state index is 0.0790. The van der Waals surface area contributed by atoms with Crippen LogP contribution < -0.4 is 0 Å². The van der Waals surface area contributed by atoms with Gasteiger partial charge in [0.2, 0.25) is 0 Å². The van der Waals surface area contributed by atoms with Crippen molar-refractivity contribution in [3.8, 4) is 5.69 Å². The zero-order valence-corrected chi connectivity index (χ0v) is 12.9. The quantitative estimate of drug-likeness (QED) is 0.666. The molecule has 3 nitrogen and oxygen atoms in total. The van der Waals surface area contributed by atoms with E-state index in [1.807, 2.05) is 41.8 Å².